The van der Waals surface area contributed by atoms with Gasteiger partial charge in [0, 0.05) is 23.7 Å². The third-order valence-corrected chi connectivity index (χ3v) is 2.89. The third kappa shape index (κ3) is 2.40. The molecule has 6 nitrogen and oxygen atoms in total. The minimum Gasteiger partial charge on any atom is -0.354 e. The molecule has 0 radical (unpaired) electrons. The summed E-state index contributed by atoms with van der Waals surface area (Å²) in [6, 6.07) is 9.84. The minimum atomic E-state index is 0.612. The molecule has 0 amide bonds. The maximum Gasteiger partial charge on any atom is 0.225 e. The van der Waals surface area contributed by atoms with Crippen molar-refractivity contribution in [2.75, 3.05) is 17.2 Å². The predicted molar refractivity (Wildman–Crippen MR) is 80.3 cm³/mol. The summed E-state index contributed by atoms with van der Waals surface area (Å²) in [6.07, 6.45) is 0. The number of nitrogens with one attached hydrogen (secondary N) is 3. The molecule has 6 heteroatoms. The fourth-order valence-corrected chi connectivity index (χ4v) is 2.01. The van der Waals surface area contributed by atoms with Gasteiger partial charge in [-0.1, -0.05) is 12.1 Å². The van der Waals surface area contributed by atoms with Gasteiger partial charge in [0.1, 0.15) is 5.82 Å². The first-order valence-electron chi connectivity index (χ1n) is 6.56. The summed E-state index contributed by atoms with van der Waals surface area (Å²) in [6.45, 7) is 4.75. The summed E-state index contributed by atoms with van der Waals surface area (Å²) >= 11 is 0. The van der Waals surface area contributed by atoms with Crippen molar-refractivity contribution in [3.63, 3.8) is 0 Å². The minimum absolute atomic E-state index is 0.612. The zero-order valence-corrected chi connectivity index (χ0v) is 11.4. The maximum atomic E-state index is 4.51. The quantitative estimate of drug-likeness (QED) is 0.678. The number of hydrogen-bond acceptors (Lipinski definition) is 5. The van der Waals surface area contributed by atoms with Crippen LogP contribution in [0.1, 0.15) is 12.6 Å². The fourth-order valence-electron chi connectivity index (χ4n) is 2.01. The zero-order valence-electron chi connectivity index (χ0n) is 11.4. The second kappa shape index (κ2) is 5.16. The van der Waals surface area contributed by atoms with Crippen LogP contribution in [0.4, 0.5) is 17.6 Å². The Labute approximate surface area is 116 Å². The molecule has 0 aliphatic carbocycles. The summed E-state index contributed by atoms with van der Waals surface area (Å²) in [7, 11) is 0. The third-order valence-electron chi connectivity index (χ3n) is 2.89. The van der Waals surface area contributed by atoms with E-state index >= 15 is 0 Å². The first-order valence-corrected chi connectivity index (χ1v) is 6.56. The van der Waals surface area contributed by atoms with E-state index in [9.17, 15) is 0 Å². The van der Waals surface area contributed by atoms with Crippen LogP contribution in [0.3, 0.4) is 0 Å². The maximum absolute atomic E-state index is 4.51. The van der Waals surface area contributed by atoms with Crippen LogP contribution >= 0.6 is 0 Å². The Bertz CT molecular complexity index is 733. The van der Waals surface area contributed by atoms with Crippen molar-refractivity contribution in [3.8, 4) is 0 Å². The molecule has 0 atom stereocenters. The van der Waals surface area contributed by atoms with Crippen LogP contribution in [-0.2, 0) is 0 Å². The Balaban J connectivity index is 2.06. The van der Waals surface area contributed by atoms with Crippen LogP contribution in [0.5, 0.6) is 0 Å². The molecular weight excluding hydrogens is 252 g/mol. The highest BCUT2D eigenvalue weighted by molar-refractivity contribution is 5.91. The van der Waals surface area contributed by atoms with Gasteiger partial charge < -0.3 is 10.6 Å². The number of rotatable bonds is 4. The van der Waals surface area contributed by atoms with E-state index in [2.05, 4.69) is 30.8 Å². The standard InChI is InChI=1S/C14H16N6/c1-3-15-14-16-11-7-5-4-6-10(11)13(18-14)17-12-8-9(2)19-20-12/h4-8H,3H2,1-2H3,(H3,15,16,17,18,19,20). The highest BCUT2D eigenvalue weighted by Gasteiger charge is 2.08. The molecule has 0 aliphatic rings. The Morgan fingerprint density at radius 2 is 2.05 bits per heavy atom. The van der Waals surface area contributed by atoms with Gasteiger partial charge in [0.05, 0.1) is 5.52 Å². The number of hydrogen-bond donors (Lipinski definition) is 3. The van der Waals surface area contributed by atoms with Crippen LogP contribution in [0.25, 0.3) is 10.9 Å². The van der Waals surface area contributed by atoms with Crippen molar-refractivity contribution in [2.24, 2.45) is 0 Å². The highest BCUT2D eigenvalue weighted by atomic mass is 15.2. The van der Waals surface area contributed by atoms with E-state index in [4.69, 9.17) is 0 Å². The molecule has 1 aromatic carbocycles. The lowest BCUT2D eigenvalue weighted by Crippen LogP contribution is -2.05. The van der Waals surface area contributed by atoms with Crippen molar-refractivity contribution in [3.05, 3.63) is 36.0 Å². The summed E-state index contributed by atoms with van der Waals surface area (Å²) in [4.78, 5) is 8.99. The van der Waals surface area contributed by atoms with Crippen molar-refractivity contribution >= 4 is 28.5 Å². The largest absolute Gasteiger partial charge is 0.354 e. The van der Waals surface area contributed by atoms with Gasteiger partial charge in [0.15, 0.2) is 5.82 Å². The number of aromatic nitrogens is 4. The number of aryl methyl sites for hydroxylation is 1. The highest BCUT2D eigenvalue weighted by Crippen LogP contribution is 2.24. The van der Waals surface area contributed by atoms with Gasteiger partial charge in [-0.05, 0) is 26.0 Å². The normalized spacial score (nSPS) is 10.7. The van der Waals surface area contributed by atoms with Gasteiger partial charge in [0.25, 0.3) is 0 Å². The SMILES string of the molecule is CCNc1nc(Nc2cc(C)[nH]n2)c2ccccc2n1. The molecule has 0 unspecified atom stereocenters. The molecule has 0 bridgehead atoms. The molecule has 20 heavy (non-hydrogen) atoms. The smallest absolute Gasteiger partial charge is 0.225 e. The van der Waals surface area contributed by atoms with Crippen molar-refractivity contribution in [2.45, 2.75) is 13.8 Å². The molecule has 0 spiro atoms. The summed E-state index contributed by atoms with van der Waals surface area (Å²) in [5.41, 5.74) is 1.89. The lowest BCUT2D eigenvalue weighted by molar-refractivity contribution is 1.05. The number of benzene rings is 1. The van der Waals surface area contributed by atoms with Gasteiger partial charge in [-0.15, -0.1) is 0 Å². The second-order valence-electron chi connectivity index (χ2n) is 4.50. The first kappa shape index (κ1) is 12.4. The second-order valence-corrected chi connectivity index (χ2v) is 4.50. The van der Waals surface area contributed by atoms with Crippen LogP contribution < -0.4 is 10.6 Å². The number of fused-ring (bicyclic) bond motifs is 1. The number of H-pyrrole nitrogens is 1. The van der Waals surface area contributed by atoms with Crippen LogP contribution in [0, 0.1) is 6.92 Å². The van der Waals surface area contributed by atoms with Gasteiger partial charge in [0.2, 0.25) is 5.95 Å². The molecule has 2 aromatic heterocycles. The molecule has 0 saturated heterocycles. The lowest BCUT2D eigenvalue weighted by Gasteiger charge is -2.09. The predicted octanol–water partition coefficient (Wildman–Crippen LogP) is 2.84. The molecule has 3 N–H and O–H groups in total. The molecule has 0 aliphatic heterocycles. The Morgan fingerprint density at radius 1 is 1.20 bits per heavy atom. The average molecular weight is 268 g/mol. The molecule has 2 heterocycles. The van der Waals surface area contributed by atoms with Crippen molar-refractivity contribution in [1.29, 1.82) is 0 Å². The molecule has 0 saturated carbocycles. The summed E-state index contributed by atoms with van der Waals surface area (Å²) in [5.74, 6) is 2.10. The van der Waals surface area contributed by atoms with Gasteiger partial charge in [-0.3, -0.25) is 5.10 Å². The van der Waals surface area contributed by atoms with Gasteiger partial charge >= 0.3 is 0 Å². The molecule has 0 fully saturated rings. The van der Waals surface area contributed by atoms with E-state index in [1.165, 1.54) is 0 Å². The Kier molecular flexibility index (Phi) is 3.20. The Hall–Kier alpha value is -2.63. The van der Waals surface area contributed by atoms with E-state index in [1.807, 2.05) is 44.2 Å². The van der Waals surface area contributed by atoms with Crippen molar-refractivity contribution in [1.82, 2.24) is 20.2 Å². The van der Waals surface area contributed by atoms with E-state index in [0.717, 1.165) is 34.8 Å². The van der Waals surface area contributed by atoms with Crippen LogP contribution in [0.15, 0.2) is 30.3 Å². The first-order chi connectivity index (χ1) is 9.76. The number of anilines is 3. The number of aromatic amines is 1. The molecular formula is C14H16N6. The van der Waals surface area contributed by atoms with Crippen LogP contribution in [-0.4, -0.2) is 26.7 Å². The molecule has 3 rings (SSSR count). The van der Waals surface area contributed by atoms with Gasteiger partial charge in [-0.25, -0.2) is 4.98 Å². The monoisotopic (exact) mass is 268 g/mol. The van der Waals surface area contributed by atoms with E-state index in [1.54, 1.807) is 0 Å². The van der Waals surface area contributed by atoms with Crippen molar-refractivity contribution < 1.29 is 0 Å². The lowest BCUT2D eigenvalue weighted by atomic mass is 10.2. The summed E-state index contributed by atoms with van der Waals surface area (Å²) < 4.78 is 0. The van der Waals surface area contributed by atoms with E-state index in [-0.39, 0.29) is 0 Å². The Morgan fingerprint density at radius 3 is 2.80 bits per heavy atom. The van der Waals surface area contributed by atoms with E-state index < -0.39 is 0 Å². The van der Waals surface area contributed by atoms with Crippen LogP contribution in [0.2, 0.25) is 0 Å². The average Bonchev–Trinajstić information content (AvgIpc) is 2.85. The molecule has 3 aromatic rings. The number of para-hydroxylation sites is 1. The van der Waals surface area contributed by atoms with E-state index in [0.29, 0.717) is 5.95 Å². The molecule has 102 valence electrons. The fraction of sp³-hybridized carbons (Fsp3) is 0.214. The summed E-state index contributed by atoms with van der Waals surface area (Å²) in [5, 5.41) is 14.4. The number of nitrogens with zero attached hydrogens (tertiary/aromatic N) is 3. The van der Waals surface area contributed by atoms with Gasteiger partial charge in [-0.2, -0.15) is 10.1 Å². The topological polar surface area (TPSA) is 78.5 Å². The zero-order chi connectivity index (χ0) is 13.9.